The molecule has 4 heteroatoms. The number of nitrogens with one attached hydrogen (secondary N) is 1. The lowest BCUT2D eigenvalue weighted by Crippen LogP contribution is -2.55. The van der Waals surface area contributed by atoms with Crippen LogP contribution in [0.25, 0.3) is 0 Å². The molecule has 0 aliphatic heterocycles. The predicted octanol–water partition coefficient (Wildman–Crippen LogP) is 1.60. The molecule has 1 aliphatic carbocycles. The van der Waals surface area contributed by atoms with Crippen molar-refractivity contribution in [3.63, 3.8) is 0 Å². The highest BCUT2D eigenvalue weighted by Crippen LogP contribution is 2.31. The van der Waals surface area contributed by atoms with Crippen LogP contribution in [0.2, 0.25) is 0 Å². The Morgan fingerprint density at radius 3 is 2.89 bits per heavy atom. The number of fused-ring (bicyclic) bond motifs is 1. The number of hydrogen-bond acceptors (Lipinski definition) is 3. The molecule has 1 atom stereocenters. The minimum absolute atomic E-state index is 0.0136. The maximum Gasteiger partial charge on any atom is 0.217 e. The third-order valence-corrected chi connectivity index (χ3v) is 3.31. The Morgan fingerprint density at radius 1 is 1.50 bits per heavy atom. The van der Waals surface area contributed by atoms with Gasteiger partial charge >= 0.3 is 0 Å². The van der Waals surface area contributed by atoms with Crippen LogP contribution in [0.15, 0.2) is 24.3 Å². The van der Waals surface area contributed by atoms with Crippen LogP contribution in [0.5, 0.6) is 0 Å². The van der Waals surface area contributed by atoms with Crippen LogP contribution in [-0.2, 0) is 11.2 Å². The maximum absolute atomic E-state index is 12.5. The summed E-state index contributed by atoms with van der Waals surface area (Å²) in [7, 11) is 0. The monoisotopic (exact) mass is 242 g/mol. The molecule has 92 valence electrons. The van der Waals surface area contributed by atoms with E-state index in [-0.39, 0.29) is 18.1 Å². The molecule has 0 spiro atoms. The first-order valence-corrected chi connectivity index (χ1v) is 5.87. The fourth-order valence-corrected chi connectivity index (χ4v) is 2.48. The van der Waals surface area contributed by atoms with Gasteiger partial charge in [0.25, 0.3) is 0 Å². The molecule has 18 heavy (non-hydrogen) atoms. The first-order valence-electron chi connectivity index (χ1n) is 5.87. The lowest BCUT2D eigenvalue weighted by atomic mass is 9.75. The molecule has 4 nitrogen and oxygen atoms in total. The van der Waals surface area contributed by atoms with Crippen molar-refractivity contribution in [2.45, 2.75) is 31.7 Å². The van der Waals surface area contributed by atoms with E-state index in [1.165, 1.54) is 6.92 Å². The molecule has 1 aromatic carbocycles. The zero-order valence-electron chi connectivity index (χ0n) is 10.2. The molecule has 1 aliphatic rings. The van der Waals surface area contributed by atoms with Crippen LogP contribution in [0.4, 0.5) is 0 Å². The number of nitriles is 1. The zero-order chi connectivity index (χ0) is 13.2. The molecule has 0 saturated carbocycles. The summed E-state index contributed by atoms with van der Waals surface area (Å²) >= 11 is 0. The minimum atomic E-state index is -1.05. The van der Waals surface area contributed by atoms with Gasteiger partial charge in [0.05, 0.1) is 12.5 Å². The van der Waals surface area contributed by atoms with Crippen LogP contribution in [0.1, 0.15) is 35.7 Å². The van der Waals surface area contributed by atoms with E-state index in [2.05, 4.69) is 5.32 Å². The average molecular weight is 242 g/mol. The summed E-state index contributed by atoms with van der Waals surface area (Å²) in [5.41, 5.74) is 0.559. The first kappa shape index (κ1) is 12.3. The lowest BCUT2D eigenvalue weighted by Gasteiger charge is -2.35. The van der Waals surface area contributed by atoms with Gasteiger partial charge in [0, 0.05) is 12.5 Å². The molecular weight excluding hydrogens is 228 g/mol. The van der Waals surface area contributed by atoms with Crippen LogP contribution in [0, 0.1) is 11.3 Å². The van der Waals surface area contributed by atoms with Gasteiger partial charge < -0.3 is 5.32 Å². The molecular formula is C14H14N2O2. The van der Waals surface area contributed by atoms with Crippen molar-refractivity contribution in [1.29, 1.82) is 5.26 Å². The van der Waals surface area contributed by atoms with Crippen molar-refractivity contribution < 1.29 is 9.59 Å². The second-order valence-electron chi connectivity index (χ2n) is 4.58. The number of nitrogens with zero attached hydrogens (tertiary/aromatic N) is 1. The summed E-state index contributed by atoms with van der Waals surface area (Å²) in [6, 6.07) is 9.37. The van der Waals surface area contributed by atoms with Crippen molar-refractivity contribution >= 4 is 11.7 Å². The molecule has 0 heterocycles. The summed E-state index contributed by atoms with van der Waals surface area (Å²) in [6.07, 6.45) is 1.19. The highest BCUT2D eigenvalue weighted by molar-refractivity contribution is 6.07. The molecule has 0 bridgehead atoms. The highest BCUT2D eigenvalue weighted by atomic mass is 16.2. The van der Waals surface area contributed by atoms with Crippen LogP contribution < -0.4 is 5.32 Å². The van der Waals surface area contributed by atoms with E-state index < -0.39 is 5.54 Å². The van der Waals surface area contributed by atoms with Gasteiger partial charge in [-0.25, -0.2) is 0 Å². The maximum atomic E-state index is 12.5. The molecule has 2 rings (SSSR count). The second kappa shape index (κ2) is 4.61. The Kier molecular flexibility index (Phi) is 3.15. The Bertz CT molecular complexity index is 545. The normalized spacial score (nSPS) is 21.9. The van der Waals surface area contributed by atoms with Crippen LogP contribution >= 0.6 is 0 Å². The SMILES string of the molecule is CC(=O)NC1(CC#N)CCc2ccccc2C1=O. The Labute approximate surface area is 106 Å². The van der Waals surface area contributed by atoms with Gasteiger partial charge in [-0.2, -0.15) is 5.26 Å². The van der Waals surface area contributed by atoms with E-state index in [0.717, 1.165) is 5.56 Å². The highest BCUT2D eigenvalue weighted by Gasteiger charge is 2.42. The van der Waals surface area contributed by atoms with Gasteiger partial charge in [0.2, 0.25) is 5.91 Å². The lowest BCUT2D eigenvalue weighted by molar-refractivity contribution is -0.120. The Hall–Kier alpha value is -2.15. The Morgan fingerprint density at radius 2 is 2.22 bits per heavy atom. The third-order valence-electron chi connectivity index (χ3n) is 3.31. The number of carbonyl (C=O) groups is 2. The van der Waals surface area contributed by atoms with E-state index in [0.29, 0.717) is 18.4 Å². The quantitative estimate of drug-likeness (QED) is 0.856. The average Bonchev–Trinajstić information content (AvgIpc) is 2.34. The van der Waals surface area contributed by atoms with Crippen molar-refractivity contribution in [2.24, 2.45) is 0 Å². The van der Waals surface area contributed by atoms with Gasteiger partial charge in [-0.3, -0.25) is 9.59 Å². The van der Waals surface area contributed by atoms with Crippen molar-refractivity contribution in [2.75, 3.05) is 0 Å². The number of hydrogen-bond donors (Lipinski definition) is 1. The summed E-state index contributed by atoms with van der Waals surface area (Å²) in [6.45, 7) is 1.37. The summed E-state index contributed by atoms with van der Waals surface area (Å²) in [5.74, 6) is -0.431. The second-order valence-corrected chi connectivity index (χ2v) is 4.58. The largest absolute Gasteiger partial charge is 0.342 e. The van der Waals surface area contributed by atoms with Crippen LogP contribution in [-0.4, -0.2) is 17.2 Å². The summed E-state index contributed by atoms with van der Waals surface area (Å²) in [4.78, 5) is 23.8. The predicted molar refractivity (Wildman–Crippen MR) is 65.9 cm³/mol. The number of rotatable bonds is 2. The molecule has 0 radical (unpaired) electrons. The van der Waals surface area contributed by atoms with Crippen LogP contribution in [0.3, 0.4) is 0 Å². The van der Waals surface area contributed by atoms with Gasteiger partial charge in [-0.15, -0.1) is 0 Å². The summed E-state index contributed by atoms with van der Waals surface area (Å²) in [5, 5.41) is 11.6. The third kappa shape index (κ3) is 2.00. The number of aryl methyl sites for hydroxylation is 1. The van der Waals surface area contributed by atoms with Gasteiger partial charge in [0.15, 0.2) is 5.78 Å². The Balaban J connectivity index is 2.43. The number of carbonyl (C=O) groups excluding carboxylic acids is 2. The molecule has 0 fully saturated rings. The molecule has 0 saturated heterocycles. The number of benzene rings is 1. The first-order chi connectivity index (χ1) is 8.59. The van der Waals surface area contributed by atoms with Crippen molar-refractivity contribution in [3.8, 4) is 6.07 Å². The van der Waals surface area contributed by atoms with Gasteiger partial charge in [-0.1, -0.05) is 24.3 Å². The number of ketones is 1. The number of Topliss-reactive ketones (excluding diaryl/α,β-unsaturated/α-hetero) is 1. The smallest absolute Gasteiger partial charge is 0.217 e. The van der Waals surface area contributed by atoms with Gasteiger partial charge in [-0.05, 0) is 18.4 Å². The van der Waals surface area contributed by atoms with E-state index in [1.54, 1.807) is 12.1 Å². The fraction of sp³-hybridized carbons (Fsp3) is 0.357. The molecule has 0 aromatic heterocycles. The number of amides is 1. The molecule has 1 unspecified atom stereocenters. The van der Waals surface area contributed by atoms with E-state index in [1.807, 2.05) is 18.2 Å². The molecule has 1 amide bonds. The molecule has 1 aromatic rings. The van der Waals surface area contributed by atoms with Gasteiger partial charge in [0.1, 0.15) is 5.54 Å². The fourth-order valence-electron chi connectivity index (χ4n) is 2.48. The van der Waals surface area contributed by atoms with Crippen molar-refractivity contribution in [3.05, 3.63) is 35.4 Å². The van der Waals surface area contributed by atoms with E-state index >= 15 is 0 Å². The minimum Gasteiger partial charge on any atom is -0.342 e. The standard InChI is InChI=1S/C14H14N2O2/c1-10(17)16-14(8-9-15)7-6-11-4-2-3-5-12(11)13(14)18/h2-5H,6-8H2,1H3,(H,16,17). The summed E-state index contributed by atoms with van der Waals surface area (Å²) < 4.78 is 0. The topological polar surface area (TPSA) is 70.0 Å². The van der Waals surface area contributed by atoms with E-state index in [4.69, 9.17) is 5.26 Å². The van der Waals surface area contributed by atoms with E-state index in [9.17, 15) is 9.59 Å². The van der Waals surface area contributed by atoms with Crippen molar-refractivity contribution in [1.82, 2.24) is 5.32 Å². The zero-order valence-corrected chi connectivity index (χ0v) is 10.2. The molecule has 1 N–H and O–H groups in total.